The van der Waals surface area contributed by atoms with E-state index in [1.807, 2.05) is 40.2 Å². The highest BCUT2D eigenvalue weighted by Gasteiger charge is 2.13. The number of oxime groups is 1. The van der Waals surface area contributed by atoms with Gasteiger partial charge >= 0.3 is 0 Å². The Morgan fingerprint density at radius 2 is 1.92 bits per heavy atom. The molecule has 0 saturated carbocycles. The van der Waals surface area contributed by atoms with Crippen LogP contribution in [0.1, 0.15) is 16.8 Å². The van der Waals surface area contributed by atoms with Crippen molar-refractivity contribution < 1.29 is 4.84 Å². The summed E-state index contributed by atoms with van der Waals surface area (Å²) in [5.41, 5.74) is 5.10. The molecule has 4 rings (SSSR count). The zero-order valence-electron chi connectivity index (χ0n) is 14.1. The minimum absolute atomic E-state index is 0.388. The molecule has 0 aliphatic carbocycles. The lowest BCUT2D eigenvalue weighted by atomic mass is 10.1. The van der Waals surface area contributed by atoms with Crippen LogP contribution in [0.25, 0.3) is 16.2 Å². The smallest absolute Gasteiger partial charge is 0.194 e. The van der Waals surface area contributed by atoms with Gasteiger partial charge in [0.1, 0.15) is 6.61 Å². The average molecular weight is 382 g/mol. The summed E-state index contributed by atoms with van der Waals surface area (Å²) in [7, 11) is 0. The van der Waals surface area contributed by atoms with Crippen LogP contribution in [0.3, 0.4) is 0 Å². The Morgan fingerprint density at radius 3 is 2.69 bits per heavy atom. The number of thiazole rings is 1. The molecule has 0 spiro atoms. The first-order valence-electron chi connectivity index (χ1n) is 8.13. The van der Waals surface area contributed by atoms with E-state index in [0.717, 1.165) is 27.5 Å². The summed E-state index contributed by atoms with van der Waals surface area (Å²) >= 11 is 7.49. The third kappa shape index (κ3) is 3.49. The molecule has 0 amide bonds. The summed E-state index contributed by atoms with van der Waals surface area (Å²) in [6.45, 7) is 2.46. The molecule has 0 unspecified atom stereocenters. The highest BCUT2D eigenvalue weighted by atomic mass is 35.5. The van der Waals surface area contributed by atoms with Crippen molar-refractivity contribution in [2.75, 3.05) is 0 Å². The predicted molar refractivity (Wildman–Crippen MR) is 107 cm³/mol. The number of hydrogen-bond acceptors (Lipinski definition) is 4. The van der Waals surface area contributed by atoms with Gasteiger partial charge in [0.05, 0.1) is 17.6 Å². The van der Waals surface area contributed by atoms with Gasteiger partial charge < -0.3 is 4.84 Å². The second-order valence-corrected chi connectivity index (χ2v) is 7.21. The van der Waals surface area contributed by atoms with E-state index in [9.17, 15) is 0 Å². The summed E-state index contributed by atoms with van der Waals surface area (Å²) in [5.74, 6) is 0. The summed E-state index contributed by atoms with van der Waals surface area (Å²) in [6, 6.07) is 15.8. The molecule has 130 valence electrons. The van der Waals surface area contributed by atoms with E-state index in [1.54, 1.807) is 17.6 Å². The number of benzene rings is 2. The van der Waals surface area contributed by atoms with Crippen molar-refractivity contribution in [2.24, 2.45) is 5.16 Å². The van der Waals surface area contributed by atoms with E-state index in [-0.39, 0.29) is 0 Å². The lowest BCUT2D eigenvalue weighted by Crippen LogP contribution is -1.93. The Balaban J connectivity index is 1.58. The molecule has 4 nitrogen and oxygen atoms in total. The highest BCUT2D eigenvalue weighted by Crippen LogP contribution is 2.26. The Labute approximate surface area is 160 Å². The zero-order valence-corrected chi connectivity index (χ0v) is 15.7. The highest BCUT2D eigenvalue weighted by molar-refractivity contribution is 7.15. The van der Waals surface area contributed by atoms with Crippen LogP contribution in [0, 0.1) is 6.92 Å². The number of nitrogens with zero attached hydrogens (tertiary/aromatic N) is 3. The van der Waals surface area contributed by atoms with Crippen LogP contribution in [0.5, 0.6) is 0 Å². The van der Waals surface area contributed by atoms with Crippen molar-refractivity contribution in [2.45, 2.75) is 13.5 Å². The third-order valence-electron chi connectivity index (χ3n) is 4.02. The Morgan fingerprint density at radius 1 is 1.15 bits per heavy atom. The molecule has 0 radical (unpaired) electrons. The molecule has 0 fully saturated rings. The second kappa shape index (κ2) is 7.32. The molecule has 0 atom stereocenters. The molecule has 4 aromatic rings. The van der Waals surface area contributed by atoms with Crippen LogP contribution in [0.2, 0.25) is 5.02 Å². The van der Waals surface area contributed by atoms with Gasteiger partial charge in [0.25, 0.3) is 0 Å². The van der Waals surface area contributed by atoms with E-state index >= 15 is 0 Å². The fraction of sp³-hybridized carbons (Fsp3) is 0.100. The first-order valence-corrected chi connectivity index (χ1v) is 9.39. The number of aromatic nitrogens is 2. The zero-order chi connectivity index (χ0) is 17.9. The molecule has 0 aliphatic heterocycles. The van der Waals surface area contributed by atoms with Gasteiger partial charge in [-0.25, -0.2) is 4.98 Å². The molecule has 0 saturated heterocycles. The monoisotopic (exact) mass is 381 g/mol. The van der Waals surface area contributed by atoms with Gasteiger partial charge in [-0.05, 0) is 24.6 Å². The summed E-state index contributed by atoms with van der Waals surface area (Å²) < 4.78 is 2.02. The normalized spacial score (nSPS) is 11.5. The van der Waals surface area contributed by atoms with Gasteiger partial charge in [-0.3, -0.25) is 4.40 Å². The molecule has 0 N–H and O–H groups in total. The van der Waals surface area contributed by atoms with Crippen LogP contribution in [0.4, 0.5) is 0 Å². The van der Waals surface area contributed by atoms with Crippen molar-refractivity contribution in [1.29, 1.82) is 0 Å². The quantitative estimate of drug-likeness (QED) is 0.334. The maximum absolute atomic E-state index is 5.89. The lowest BCUT2D eigenvalue weighted by Gasteiger charge is -2.02. The van der Waals surface area contributed by atoms with Gasteiger partial charge in [-0.2, -0.15) is 0 Å². The fourth-order valence-corrected chi connectivity index (χ4v) is 3.48. The van der Waals surface area contributed by atoms with Gasteiger partial charge in [-0.1, -0.05) is 58.7 Å². The standard InChI is InChI=1S/C20H16ClN3OS/c1-14-2-6-16(7-3-14)19-18(24-10-11-26-20(24)23-19)12-22-25-13-15-4-8-17(21)9-5-15/h2-12H,13H2,1H3. The lowest BCUT2D eigenvalue weighted by molar-refractivity contribution is 0.132. The van der Waals surface area contributed by atoms with Crippen LogP contribution in [-0.2, 0) is 11.4 Å². The minimum Gasteiger partial charge on any atom is -0.391 e. The average Bonchev–Trinajstić information content (AvgIpc) is 3.23. The summed E-state index contributed by atoms with van der Waals surface area (Å²) in [5, 5.41) is 6.87. The van der Waals surface area contributed by atoms with E-state index in [4.69, 9.17) is 21.4 Å². The number of rotatable bonds is 5. The van der Waals surface area contributed by atoms with Crippen molar-refractivity contribution in [3.8, 4) is 11.3 Å². The molecule has 26 heavy (non-hydrogen) atoms. The first kappa shape index (κ1) is 16.8. The van der Waals surface area contributed by atoms with E-state index in [2.05, 4.69) is 36.3 Å². The molecule has 0 bridgehead atoms. The summed E-state index contributed by atoms with van der Waals surface area (Å²) in [6.07, 6.45) is 3.71. The Hall–Kier alpha value is -2.63. The first-order chi connectivity index (χ1) is 12.7. The largest absolute Gasteiger partial charge is 0.391 e. The van der Waals surface area contributed by atoms with Crippen LogP contribution in [0.15, 0.2) is 65.3 Å². The maximum Gasteiger partial charge on any atom is 0.194 e. The third-order valence-corrected chi connectivity index (χ3v) is 5.03. The minimum atomic E-state index is 0.388. The molecular formula is C20H16ClN3OS. The fourth-order valence-electron chi connectivity index (χ4n) is 2.63. The van der Waals surface area contributed by atoms with Gasteiger partial charge in [0.15, 0.2) is 4.96 Å². The second-order valence-electron chi connectivity index (χ2n) is 5.90. The van der Waals surface area contributed by atoms with Crippen LogP contribution >= 0.6 is 22.9 Å². The number of fused-ring (bicyclic) bond motifs is 1. The van der Waals surface area contributed by atoms with Crippen LogP contribution in [-0.4, -0.2) is 15.6 Å². The van der Waals surface area contributed by atoms with E-state index in [1.165, 1.54) is 5.56 Å². The SMILES string of the molecule is Cc1ccc(-c2nc3sccn3c2C=NOCc2ccc(Cl)cc2)cc1. The van der Waals surface area contributed by atoms with E-state index in [0.29, 0.717) is 11.6 Å². The van der Waals surface area contributed by atoms with Crippen molar-refractivity contribution in [3.05, 3.63) is 82.0 Å². The number of imidazole rings is 1. The molecule has 2 aromatic carbocycles. The Kier molecular flexibility index (Phi) is 4.73. The van der Waals surface area contributed by atoms with Gasteiger partial charge in [-0.15, -0.1) is 11.3 Å². The van der Waals surface area contributed by atoms with Crippen molar-refractivity contribution >= 4 is 34.1 Å². The predicted octanol–water partition coefficient (Wildman–Crippen LogP) is 5.58. The van der Waals surface area contributed by atoms with Crippen LogP contribution < -0.4 is 0 Å². The number of halogens is 1. The molecule has 6 heteroatoms. The molecule has 0 aliphatic rings. The molecule has 2 heterocycles. The number of hydrogen-bond donors (Lipinski definition) is 0. The van der Waals surface area contributed by atoms with Gasteiger partial charge in [0, 0.05) is 22.2 Å². The van der Waals surface area contributed by atoms with Crippen molar-refractivity contribution in [3.63, 3.8) is 0 Å². The van der Waals surface area contributed by atoms with Crippen molar-refractivity contribution in [1.82, 2.24) is 9.38 Å². The number of aryl methyl sites for hydroxylation is 1. The molecule has 2 aromatic heterocycles. The van der Waals surface area contributed by atoms with Gasteiger partial charge in [0.2, 0.25) is 0 Å². The topological polar surface area (TPSA) is 38.9 Å². The molecular weight excluding hydrogens is 366 g/mol. The summed E-state index contributed by atoms with van der Waals surface area (Å²) in [4.78, 5) is 11.1. The van der Waals surface area contributed by atoms with E-state index < -0.39 is 0 Å². The maximum atomic E-state index is 5.89. The Bertz CT molecular complexity index is 1050.